The average Bonchev–Trinajstić information content (AvgIpc) is 3.29. The molecule has 0 spiro atoms. The van der Waals surface area contributed by atoms with Gasteiger partial charge in [-0.15, -0.1) is 0 Å². The molecular formula is C18H21N3O5. The second-order valence-corrected chi connectivity index (χ2v) is 6.38. The lowest BCUT2D eigenvalue weighted by molar-refractivity contribution is -0.147. The minimum Gasteiger partial charge on any atom is -0.464 e. The smallest absolute Gasteiger partial charge is 0.330 e. The molecule has 0 unspecified atom stereocenters. The minimum absolute atomic E-state index is 0.130. The van der Waals surface area contributed by atoms with Gasteiger partial charge in [0.15, 0.2) is 11.5 Å². The number of hydrogen-bond donors (Lipinski definition) is 1. The summed E-state index contributed by atoms with van der Waals surface area (Å²) in [5.74, 6) is 0.424. The zero-order valence-electron chi connectivity index (χ0n) is 14.7. The van der Waals surface area contributed by atoms with Crippen molar-refractivity contribution < 1.29 is 23.8 Å². The summed E-state index contributed by atoms with van der Waals surface area (Å²) in [7, 11) is 0. The van der Waals surface area contributed by atoms with E-state index in [9.17, 15) is 9.59 Å². The molecule has 1 aromatic carbocycles. The molecule has 0 fully saturated rings. The quantitative estimate of drug-likeness (QED) is 0.755. The van der Waals surface area contributed by atoms with E-state index in [0.717, 1.165) is 0 Å². The number of aromatic nitrogens is 2. The van der Waals surface area contributed by atoms with Crippen LogP contribution in [0.2, 0.25) is 0 Å². The highest BCUT2D eigenvalue weighted by atomic mass is 16.7. The first-order valence-corrected chi connectivity index (χ1v) is 8.36. The van der Waals surface area contributed by atoms with Crippen molar-refractivity contribution in [3.05, 3.63) is 42.5 Å². The van der Waals surface area contributed by atoms with Crippen molar-refractivity contribution in [2.75, 3.05) is 13.4 Å². The van der Waals surface area contributed by atoms with Gasteiger partial charge in [0.05, 0.1) is 19.5 Å². The van der Waals surface area contributed by atoms with Gasteiger partial charge in [0, 0.05) is 18.0 Å². The SMILES string of the molecule is CC(C)COC(=O)[C@H](Cn1ccnc1)NC(=O)c1ccc2c(c1)OCO2. The number of carbonyl (C=O) groups is 2. The monoisotopic (exact) mass is 359 g/mol. The summed E-state index contributed by atoms with van der Waals surface area (Å²) in [6.07, 6.45) is 4.90. The highest BCUT2D eigenvalue weighted by Crippen LogP contribution is 2.32. The fourth-order valence-electron chi connectivity index (χ4n) is 2.41. The number of rotatable bonds is 7. The Labute approximate surface area is 151 Å². The van der Waals surface area contributed by atoms with E-state index in [-0.39, 0.29) is 19.3 Å². The molecule has 1 amide bonds. The molecule has 26 heavy (non-hydrogen) atoms. The standard InChI is InChI=1S/C18H21N3O5/c1-12(2)9-24-18(23)14(8-21-6-5-19-10-21)20-17(22)13-3-4-15-16(7-13)26-11-25-15/h3-7,10,12,14H,8-9,11H2,1-2H3,(H,20,22)/t14-/m0/s1. The lowest BCUT2D eigenvalue weighted by Crippen LogP contribution is -2.44. The van der Waals surface area contributed by atoms with Crippen LogP contribution in [0.4, 0.5) is 0 Å². The van der Waals surface area contributed by atoms with E-state index in [1.807, 2.05) is 13.8 Å². The second kappa shape index (κ2) is 7.90. The van der Waals surface area contributed by atoms with Crippen molar-refractivity contribution in [2.24, 2.45) is 5.92 Å². The number of nitrogens with one attached hydrogen (secondary N) is 1. The second-order valence-electron chi connectivity index (χ2n) is 6.38. The molecule has 0 aliphatic carbocycles. The van der Waals surface area contributed by atoms with Crippen LogP contribution in [0.3, 0.4) is 0 Å². The van der Waals surface area contributed by atoms with Crippen LogP contribution in [0.5, 0.6) is 11.5 Å². The highest BCUT2D eigenvalue weighted by molar-refractivity contribution is 5.97. The van der Waals surface area contributed by atoms with Gasteiger partial charge in [-0.25, -0.2) is 9.78 Å². The fourth-order valence-corrected chi connectivity index (χ4v) is 2.41. The first-order valence-electron chi connectivity index (χ1n) is 8.36. The van der Waals surface area contributed by atoms with E-state index in [4.69, 9.17) is 14.2 Å². The normalized spacial score (nSPS) is 13.5. The summed E-state index contributed by atoms with van der Waals surface area (Å²) in [6.45, 7) is 4.55. The first-order chi connectivity index (χ1) is 12.5. The molecule has 1 N–H and O–H groups in total. The molecule has 0 saturated carbocycles. The van der Waals surface area contributed by atoms with Gasteiger partial charge in [-0.2, -0.15) is 0 Å². The number of fused-ring (bicyclic) bond motifs is 1. The third-order valence-corrected chi connectivity index (χ3v) is 3.74. The fraction of sp³-hybridized carbons (Fsp3) is 0.389. The summed E-state index contributed by atoms with van der Waals surface area (Å²) >= 11 is 0. The van der Waals surface area contributed by atoms with Gasteiger partial charge < -0.3 is 24.1 Å². The van der Waals surface area contributed by atoms with Gasteiger partial charge in [0.2, 0.25) is 6.79 Å². The maximum atomic E-state index is 12.6. The lowest BCUT2D eigenvalue weighted by Gasteiger charge is -2.19. The van der Waals surface area contributed by atoms with E-state index in [0.29, 0.717) is 23.7 Å². The molecule has 2 aromatic rings. The van der Waals surface area contributed by atoms with Crippen LogP contribution in [-0.2, 0) is 16.1 Å². The number of nitrogens with zero attached hydrogens (tertiary/aromatic N) is 2. The van der Waals surface area contributed by atoms with Crippen LogP contribution in [0, 0.1) is 5.92 Å². The zero-order valence-corrected chi connectivity index (χ0v) is 14.7. The molecule has 1 aromatic heterocycles. The molecular weight excluding hydrogens is 338 g/mol. The maximum absolute atomic E-state index is 12.6. The van der Waals surface area contributed by atoms with Crippen LogP contribution in [0.25, 0.3) is 0 Å². The lowest BCUT2D eigenvalue weighted by atomic mass is 10.1. The first kappa shape index (κ1) is 17.8. The van der Waals surface area contributed by atoms with E-state index in [2.05, 4.69) is 10.3 Å². The van der Waals surface area contributed by atoms with Crippen molar-refractivity contribution in [3.63, 3.8) is 0 Å². The summed E-state index contributed by atoms with van der Waals surface area (Å²) in [5.41, 5.74) is 0.376. The number of imidazole rings is 1. The number of amides is 1. The molecule has 1 atom stereocenters. The number of ether oxygens (including phenoxy) is 3. The summed E-state index contributed by atoms with van der Waals surface area (Å²) in [4.78, 5) is 29.0. The number of hydrogen-bond acceptors (Lipinski definition) is 6. The largest absolute Gasteiger partial charge is 0.464 e. The van der Waals surface area contributed by atoms with Gasteiger partial charge >= 0.3 is 5.97 Å². The Morgan fingerprint density at radius 1 is 1.31 bits per heavy atom. The predicted molar refractivity (Wildman–Crippen MR) is 91.8 cm³/mol. The van der Waals surface area contributed by atoms with Crippen LogP contribution in [-0.4, -0.2) is 40.9 Å². The predicted octanol–water partition coefficient (Wildman–Crippen LogP) is 1.61. The topological polar surface area (TPSA) is 91.7 Å². The van der Waals surface area contributed by atoms with Gasteiger partial charge in [-0.1, -0.05) is 13.8 Å². The Balaban J connectivity index is 1.71. The van der Waals surface area contributed by atoms with Crippen molar-refractivity contribution in [3.8, 4) is 11.5 Å². The van der Waals surface area contributed by atoms with E-state index >= 15 is 0 Å². The van der Waals surface area contributed by atoms with Crippen molar-refractivity contribution in [2.45, 2.75) is 26.4 Å². The van der Waals surface area contributed by atoms with Crippen LogP contribution in [0.15, 0.2) is 36.9 Å². The van der Waals surface area contributed by atoms with E-state index < -0.39 is 17.9 Å². The Hall–Kier alpha value is -3.03. The van der Waals surface area contributed by atoms with Crippen molar-refractivity contribution in [1.82, 2.24) is 14.9 Å². The summed E-state index contributed by atoms with van der Waals surface area (Å²) < 4.78 is 17.5. The zero-order chi connectivity index (χ0) is 18.5. The Morgan fingerprint density at radius 3 is 2.85 bits per heavy atom. The van der Waals surface area contributed by atoms with E-state index in [1.54, 1.807) is 41.5 Å². The molecule has 1 aliphatic rings. The van der Waals surface area contributed by atoms with Crippen LogP contribution in [0.1, 0.15) is 24.2 Å². The Kier molecular flexibility index (Phi) is 5.40. The van der Waals surface area contributed by atoms with Crippen molar-refractivity contribution in [1.29, 1.82) is 0 Å². The van der Waals surface area contributed by atoms with Crippen LogP contribution < -0.4 is 14.8 Å². The molecule has 3 rings (SSSR count). The van der Waals surface area contributed by atoms with Gasteiger partial charge in [0.25, 0.3) is 5.91 Å². The van der Waals surface area contributed by atoms with Crippen molar-refractivity contribution >= 4 is 11.9 Å². The third-order valence-electron chi connectivity index (χ3n) is 3.74. The Bertz CT molecular complexity index is 773. The molecule has 8 nitrogen and oxygen atoms in total. The number of esters is 1. The Morgan fingerprint density at radius 2 is 2.12 bits per heavy atom. The van der Waals surface area contributed by atoms with Gasteiger partial charge in [0.1, 0.15) is 6.04 Å². The summed E-state index contributed by atoms with van der Waals surface area (Å²) in [6, 6.07) is 4.04. The molecule has 138 valence electrons. The van der Waals surface area contributed by atoms with Gasteiger partial charge in [-0.05, 0) is 24.1 Å². The van der Waals surface area contributed by atoms with Crippen LogP contribution >= 0.6 is 0 Å². The van der Waals surface area contributed by atoms with E-state index in [1.165, 1.54) is 0 Å². The molecule has 0 saturated heterocycles. The van der Waals surface area contributed by atoms with Gasteiger partial charge in [-0.3, -0.25) is 4.79 Å². The third kappa shape index (κ3) is 4.33. The minimum atomic E-state index is -0.833. The highest BCUT2D eigenvalue weighted by Gasteiger charge is 2.25. The number of benzene rings is 1. The number of carbonyl (C=O) groups excluding carboxylic acids is 2. The molecule has 8 heteroatoms. The summed E-state index contributed by atoms with van der Waals surface area (Å²) in [5, 5.41) is 2.73. The molecule has 0 bridgehead atoms. The maximum Gasteiger partial charge on any atom is 0.330 e. The molecule has 2 heterocycles. The molecule has 1 aliphatic heterocycles. The average molecular weight is 359 g/mol. The molecule has 0 radical (unpaired) electrons.